The number of likely N-dealkylation sites (tertiary alicyclic amines) is 1. The molecule has 2 aliphatic heterocycles. The number of esters is 1. The molecule has 2 aromatic carbocycles. The number of benzene rings is 2. The van der Waals surface area contributed by atoms with E-state index in [0.29, 0.717) is 0 Å². The van der Waals surface area contributed by atoms with Gasteiger partial charge < -0.3 is 9.84 Å². The Morgan fingerprint density at radius 1 is 1.13 bits per heavy atom. The lowest BCUT2D eigenvalue weighted by Gasteiger charge is -2.33. The highest BCUT2D eigenvalue weighted by Crippen LogP contribution is 2.50. The van der Waals surface area contributed by atoms with Crippen molar-refractivity contribution < 1.29 is 24.2 Å². The lowest BCUT2D eigenvalue weighted by molar-refractivity contribution is -0.156. The molecule has 2 aromatic rings. The fourth-order valence-electron chi connectivity index (χ4n) is 4.97. The Bertz CT molecular complexity index is 1030. The molecule has 0 saturated carbocycles. The number of phenols is 1. The van der Waals surface area contributed by atoms with Crippen LogP contribution < -0.4 is 5.32 Å². The normalized spacial score (nSPS) is 27.5. The number of nitrogens with zero attached hydrogens (tertiary/aromatic N) is 1. The van der Waals surface area contributed by atoms with Crippen LogP contribution in [0.4, 0.5) is 0 Å². The number of carbonyl (C=O) groups is 3. The maximum absolute atomic E-state index is 13.4. The molecule has 2 fully saturated rings. The number of hydrogen-bond acceptors (Lipinski definition) is 6. The highest BCUT2D eigenvalue weighted by atomic mass is 16.5. The molecule has 0 radical (unpaired) electrons. The first-order chi connectivity index (χ1) is 14.8. The monoisotopic (exact) mass is 422 g/mol. The van der Waals surface area contributed by atoms with Crippen LogP contribution in [-0.2, 0) is 25.5 Å². The summed E-state index contributed by atoms with van der Waals surface area (Å²) in [5.74, 6) is -2.72. The Labute approximate surface area is 181 Å². The van der Waals surface area contributed by atoms with Crippen molar-refractivity contribution in [3.8, 4) is 5.75 Å². The van der Waals surface area contributed by atoms with Gasteiger partial charge in [-0.2, -0.15) is 0 Å². The molecule has 7 heteroatoms. The highest BCUT2D eigenvalue weighted by molar-refractivity contribution is 6.09. The summed E-state index contributed by atoms with van der Waals surface area (Å²) in [4.78, 5) is 40.9. The van der Waals surface area contributed by atoms with Gasteiger partial charge in [0, 0.05) is 19.5 Å². The van der Waals surface area contributed by atoms with E-state index < -0.39 is 29.4 Å². The molecule has 0 unspecified atom stereocenters. The Balaban J connectivity index is 1.87. The number of fused-ring (bicyclic) bond motifs is 1. The fourth-order valence-corrected chi connectivity index (χ4v) is 4.97. The SMILES string of the molecule is CCOC(=O)[C@]1(Cc2ccc(O)cc2)N[C@H](c2ccccc2C)[C@@H]2C(=O)N(C)C(=O)[C@H]21. The smallest absolute Gasteiger partial charge is 0.327 e. The quantitative estimate of drug-likeness (QED) is 0.566. The first-order valence-electron chi connectivity index (χ1n) is 10.4. The molecular formula is C24H26N2O5. The van der Waals surface area contributed by atoms with Gasteiger partial charge in [0.05, 0.1) is 18.4 Å². The average molecular weight is 422 g/mol. The number of ether oxygens (including phenoxy) is 1. The third kappa shape index (κ3) is 3.29. The van der Waals surface area contributed by atoms with Crippen molar-refractivity contribution in [2.75, 3.05) is 13.7 Å². The molecule has 31 heavy (non-hydrogen) atoms. The first-order valence-corrected chi connectivity index (χ1v) is 10.4. The maximum atomic E-state index is 13.4. The van der Waals surface area contributed by atoms with Crippen LogP contribution in [0.3, 0.4) is 0 Å². The number of phenolic OH excluding ortho intramolecular Hbond substituents is 1. The third-order valence-electron chi connectivity index (χ3n) is 6.46. The minimum atomic E-state index is -1.40. The van der Waals surface area contributed by atoms with Gasteiger partial charge in [0.1, 0.15) is 11.3 Å². The predicted molar refractivity (Wildman–Crippen MR) is 113 cm³/mol. The zero-order valence-corrected chi connectivity index (χ0v) is 17.8. The van der Waals surface area contributed by atoms with Crippen molar-refractivity contribution in [2.24, 2.45) is 11.8 Å². The van der Waals surface area contributed by atoms with Gasteiger partial charge in [-0.15, -0.1) is 0 Å². The van der Waals surface area contributed by atoms with E-state index in [1.165, 1.54) is 19.2 Å². The van der Waals surface area contributed by atoms with E-state index in [2.05, 4.69) is 5.32 Å². The number of aromatic hydroxyl groups is 1. The standard InChI is InChI=1S/C24H26N2O5/c1-4-31-23(30)24(13-15-9-11-16(27)12-10-15)19-18(21(28)26(3)22(19)29)20(25-24)17-8-6-5-7-14(17)2/h5-12,18-20,25,27H,4,13H2,1-3H3/t18-,19+,20-,24-/m1/s1. The van der Waals surface area contributed by atoms with Crippen molar-refractivity contribution >= 4 is 17.8 Å². The van der Waals surface area contributed by atoms with Gasteiger partial charge in [0.2, 0.25) is 11.8 Å². The molecule has 2 aliphatic rings. The van der Waals surface area contributed by atoms with Crippen molar-refractivity contribution in [1.82, 2.24) is 10.2 Å². The fraction of sp³-hybridized carbons (Fsp3) is 0.375. The molecule has 4 atom stereocenters. The first kappa shape index (κ1) is 21.1. The summed E-state index contributed by atoms with van der Waals surface area (Å²) >= 11 is 0. The molecule has 2 heterocycles. The van der Waals surface area contributed by atoms with Gasteiger partial charge in [-0.3, -0.25) is 24.6 Å². The zero-order valence-electron chi connectivity index (χ0n) is 17.8. The van der Waals surface area contributed by atoms with Gasteiger partial charge in [-0.1, -0.05) is 36.4 Å². The molecule has 7 nitrogen and oxygen atoms in total. The summed E-state index contributed by atoms with van der Waals surface area (Å²) in [6.07, 6.45) is 0.155. The van der Waals surface area contributed by atoms with Crippen molar-refractivity contribution in [3.05, 3.63) is 65.2 Å². The van der Waals surface area contributed by atoms with Crippen LogP contribution in [-0.4, -0.2) is 47.0 Å². The molecule has 0 aliphatic carbocycles. The minimum Gasteiger partial charge on any atom is -0.508 e. The second kappa shape index (κ2) is 7.81. The summed E-state index contributed by atoms with van der Waals surface area (Å²) in [7, 11) is 1.47. The molecular weight excluding hydrogens is 396 g/mol. The third-order valence-corrected chi connectivity index (χ3v) is 6.46. The Kier molecular flexibility index (Phi) is 5.31. The lowest BCUT2D eigenvalue weighted by atomic mass is 9.76. The lowest BCUT2D eigenvalue weighted by Crippen LogP contribution is -2.57. The Morgan fingerprint density at radius 3 is 2.45 bits per heavy atom. The predicted octanol–water partition coefficient (Wildman–Crippen LogP) is 2.12. The summed E-state index contributed by atoms with van der Waals surface area (Å²) < 4.78 is 5.43. The summed E-state index contributed by atoms with van der Waals surface area (Å²) in [5.41, 5.74) is 1.20. The van der Waals surface area contributed by atoms with Gasteiger partial charge >= 0.3 is 5.97 Å². The zero-order chi connectivity index (χ0) is 22.3. The average Bonchev–Trinajstić information content (AvgIpc) is 3.20. The van der Waals surface area contributed by atoms with Gasteiger partial charge in [-0.05, 0) is 42.7 Å². The number of rotatable bonds is 5. The minimum absolute atomic E-state index is 0.107. The number of aryl methyl sites for hydroxylation is 1. The topological polar surface area (TPSA) is 95.9 Å². The van der Waals surface area contributed by atoms with Crippen LogP contribution in [0.5, 0.6) is 5.75 Å². The van der Waals surface area contributed by atoms with E-state index >= 15 is 0 Å². The largest absolute Gasteiger partial charge is 0.508 e. The van der Waals surface area contributed by atoms with Crippen molar-refractivity contribution in [1.29, 1.82) is 0 Å². The second-order valence-electron chi connectivity index (χ2n) is 8.25. The van der Waals surface area contributed by atoms with Gasteiger partial charge in [-0.25, -0.2) is 0 Å². The highest BCUT2D eigenvalue weighted by Gasteiger charge is 2.68. The van der Waals surface area contributed by atoms with Crippen LogP contribution >= 0.6 is 0 Å². The summed E-state index contributed by atoms with van der Waals surface area (Å²) in [6, 6.07) is 13.6. The van der Waals surface area contributed by atoms with Crippen LogP contribution in [0.2, 0.25) is 0 Å². The van der Waals surface area contributed by atoms with Crippen molar-refractivity contribution in [2.45, 2.75) is 31.8 Å². The number of amides is 2. The Hall–Kier alpha value is -3.19. The molecule has 0 aromatic heterocycles. The summed E-state index contributed by atoms with van der Waals surface area (Å²) in [6.45, 7) is 3.81. The summed E-state index contributed by atoms with van der Waals surface area (Å²) in [5, 5.41) is 13.0. The maximum Gasteiger partial charge on any atom is 0.327 e. The van der Waals surface area contributed by atoms with Crippen molar-refractivity contribution in [3.63, 3.8) is 0 Å². The number of imide groups is 1. The number of carbonyl (C=O) groups excluding carboxylic acids is 3. The molecule has 4 rings (SSSR count). The molecule has 0 spiro atoms. The van der Waals surface area contributed by atoms with E-state index in [0.717, 1.165) is 21.6 Å². The van der Waals surface area contributed by atoms with E-state index in [9.17, 15) is 19.5 Å². The molecule has 2 N–H and O–H groups in total. The van der Waals surface area contributed by atoms with E-state index in [-0.39, 0.29) is 30.6 Å². The number of nitrogens with one attached hydrogen (secondary N) is 1. The van der Waals surface area contributed by atoms with Crippen LogP contribution in [0.25, 0.3) is 0 Å². The molecule has 0 bridgehead atoms. The second-order valence-corrected chi connectivity index (χ2v) is 8.25. The van der Waals surface area contributed by atoms with Gasteiger partial charge in [0.15, 0.2) is 0 Å². The molecule has 2 amide bonds. The molecule has 162 valence electrons. The Morgan fingerprint density at radius 2 is 1.81 bits per heavy atom. The van der Waals surface area contributed by atoms with Crippen LogP contribution in [0, 0.1) is 18.8 Å². The van der Waals surface area contributed by atoms with E-state index in [4.69, 9.17) is 4.74 Å². The number of hydrogen-bond donors (Lipinski definition) is 2. The van der Waals surface area contributed by atoms with Crippen LogP contribution in [0.15, 0.2) is 48.5 Å². The van der Waals surface area contributed by atoms with E-state index in [1.54, 1.807) is 19.1 Å². The van der Waals surface area contributed by atoms with Gasteiger partial charge in [0.25, 0.3) is 0 Å². The molecule has 2 saturated heterocycles. The van der Waals surface area contributed by atoms with Crippen LogP contribution in [0.1, 0.15) is 29.7 Å². The van der Waals surface area contributed by atoms with E-state index in [1.807, 2.05) is 31.2 Å².